The fraction of sp³-hybridized carbons (Fsp3) is 0.643. The summed E-state index contributed by atoms with van der Waals surface area (Å²) >= 11 is 0. The zero-order chi connectivity index (χ0) is 14.8. The number of fused-ring (bicyclic) bond motifs is 1. The number of imidazole rings is 1. The smallest absolute Gasteiger partial charge is 0.165 e. The van der Waals surface area contributed by atoms with Crippen molar-refractivity contribution < 1.29 is 5.11 Å². The highest BCUT2D eigenvalue weighted by Gasteiger charge is 2.32. The van der Waals surface area contributed by atoms with Crippen LogP contribution in [-0.2, 0) is 5.54 Å². The average Bonchev–Trinajstić information content (AvgIpc) is 3.07. The second kappa shape index (κ2) is 5.75. The molecule has 1 aliphatic carbocycles. The zero-order valence-electron chi connectivity index (χ0n) is 12.7. The van der Waals surface area contributed by atoms with E-state index >= 15 is 0 Å². The number of anilines is 1. The molecular formula is C14H23N5O. The van der Waals surface area contributed by atoms with Gasteiger partial charge in [-0.3, -0.25) is 0 Å². The normalized spacial score (nSPS) is 16.9. The van der Waals surface area contributed by atoms with Gasteiger partial charge in [-0.05, 0) is 19.8 Å². The maximum Gasteiger partial charge on any atom is 0.165 e. The van der Waals surface area contributed by atoms with Gasteiger partial charge in [-0.25, -0.2) is 15.0 Å². The van der Waals surface area contributed by atoms with Crippen LogP contribution in [0.3, 0.4) is 0 Å². The van der Waals surface area contributed by atoms with Crippen molar-refractivity contribution in [3.8, 4) is 0 Å². The van der Waals surface area contributed by atoms with Crippen LogP contribution in [0.1, 0.15) is 32.6 Å². The van der Waals surface area contributed by atoms with Crippen LogP contribution in [0, 0.1) is 0 Å². The molecule has 2 aromatic heterocycles. The van der Waals surface area contributed by atoms with Crippen molar-refractivity contribution in [1.29, 1.82) is 0 Å². The van der Waals surface area contributed by atoms with Crippen LogP contribution in [0.2, 0.25) is 0 Å². The van der Waals surface area contributed by atoms with Gasteiger partial charge < -0.3 is 14.6 Å². The highest BCUT2D eigenvalue weighted by molar-refractivity contribution is 5.83. The molecule has 0 amide bonds. The van der Waals surface area contributed by atoms with E-state index in [0.717, 1.165) is 24.1 Å². The van der Waals surface area contributed by atoms with E-state index < -0.39 is 0 Å². The van der Waals surface area contributed by atoms with Crippen molar-refractivity contribution in [2.45, 2.75) is 38.1 Å². The van der Waals surface area contributed by atoms with Gasteiger partial charge in [0, 0.05) is 26.7 Å². The van der Waals surface area contributed by atoms with Gasteiger partial charge in [-0.2, -0.15) is 0 Å². The van der Waals surface area contributed by atoms with Crippen molar-refractivity contribution in [3.05, 3.63) is 12.7 Å². The molecule has 1 aliphatic rings. The van der Waals surface area contributed by atoms with Gasteiger partial charge in [-0.15, -0.1) is 0 Å². The summed E-state index contributed by atoms with van der Waals surface area (Å²) in [5.41, 5.74) is 2.03. The Morgan fingerprint density at radius 1 is 1.15 bits per heavy atom. The third-order valence-corrected chi connectivity index (χ3v) is 4.00. The summed E-state index contributed by atoms with van der Waals surface area (Å²) in [5.74, 6) is 0.889. The number of nitrogens with zero attached hydrogens (tertiary/aromatic N) is 5. The van der Waals surface area contributed by atoms with Crippen molar-refractivity contribution in [2.75, 3.05) is 26.1 Å². The quantitative estimate of drug-likeness (QED) is 0.906. The standard InChI is InChI=1S/C13H19N5.CH4O/c1-13(6-4-5-7-13)18-9-16-10-11(17(2)3)14-8-15-12(10)18;1-2/h8-9H,4-7H2,1-3H3;2H,1H3. The molecule has 20 heavy (non-hydrogen) atoms. The number of hydrogen-bond donors (Lipinski definition) is 1. The van der Waals surface area contributed by atoms with Crippen molar-refractivity contribution in [1.82, 2.24) is 19.5 Å². The monoisotopic (exact) mass is 277 g/mol. The fourth-order valence-electron chi connectivity index (χ4n) is 2.92. The predicted octanol–water partition coefficient (Wildman–Crippen LogP) is 1.79. The molecule has 0 aliphatic heterocycles. The molecule has 1 N–H and O–H groups in total. The van der Waals surface area contributed by atoms with E-state index in [-0.39, 0.29) is 5.54 Å². The van der Waals surface area contributed by atoms with Crippen LogP contribution in [0.25, 0.3) is 11.2 Å². The van der Waals surface area contributed by atoms with E-state index in [1.807, 2.05) is 25.3 Å². The number of aliphatic hydroxyl groups excluding tert-OH is 1. The summed E-state index contributed by atoms with van der Waals surface area (Å²) in [6.45, 7) is 2.30. The van der Waals surface area contributed by atoms with Gasteiger partial charge in [0.1, 0.15) is 6.33 Å². The minimum Gasteiger partial charge on any atom is -0.400 e. The van der Waals surface area contributed by atoms with Crippen LogP contribution in [-0.4, -0.2) is 45.8 Å². The van der Waals surface area contributed by atoms with E-state index in [1.165, 1.54) is 25.7 Å². The maximum atomic E-state index is 7.00. The average molecular weight is 277 g/mol. The Labute approximate surface area is 119 Å². The fourth-order valence-corrected chi connectivity index (χ4v) is 2.92. The Morgan fingerprint density at radius 3 is 2.40 bits per heavy atom. The molecule has 2 aromatic rings. The molecule has 0 unspecified atom stereocenters. The lowest BCUT2D eigenvalue weighted by Gasteiger charge is -2.25. The van der Waals surface area contributed by atoms with Crippen LogP contribution >= 0.6 is 0 Å². The highest BCUT2D eigenvalue weighted by atomic mass is 16.2. The molecule has 0 aromatic carbocycles. The minimum absolute atomic E-state index is 0.173. The zero-order valence-corrected chi connectivity index (χ0v) is 12.7. The first-order valence-electron chi connectivity index (χ1n) is 6.92. The Bertz CT molecular complexity index is 572. The highest BCUT2D eigenvalue weighted by Crippen LogP contribution is 2.38. The lowest BCUT2D eigenvalue weighted by atomic mass is 10.0. The van der Waals surface area contributed by atoms with Crippen molar-refractivity contribution in [2.24, 2.45) is 0 Å². The molecule has 0 atom stereocenters. The van der Waals surface area contributed by atoms with E-state index in [9.17, 15) is 0 Å². The largest absolute Gasteiger partial charge is 0.400 e. The van der Waals surface area contributed by atoms with E-state index in [1.54, 1.807) is 6.33 Å². The van der Waals surface area contributed by atoms with E-state index in [0.29, 0.717) is 0 Å². The number of aromatic nitrogens is 4. The van der Waals surface area contributed by atoms with Gasteiger partial charge in [0.05, 0.1) is 6.33 Å². The molecule has 6 heteroatoms. The number of rotatable bonds is 2. The Morgan fingerprint density at radius 2 is 1.80 bits per heavy atom. The predicted molar refractivity (Wildman–Crippen MR) is 79.9 cm³/mol. The molecule has 110 valence electrons. The van der Waals surface area contributed by atoms with E-state index in [4.69, 9.17) is 5.11 Å². The van der Waals surface area contributed by atoms with Crippen LogP contribution in [0.5, 0.6) is 0 Å². The third kappa shape index (κ3) is 2.35. The first-order chi connectivity index (χ1) is 9.62. The summed E-state index contributed by atoms with van der Waals surface area (Å²) in [7, 11) is 4.97. The van der Waals surface area contributed by atoms with Crippen LogP contribution in [0.4, 0.5) is 5.82 Å². The molecule has 0 spiro atoms. The van der Waals surface area contributed by atoms with Crippen LogP contribution in [0.15, 0.2) is 12.7 Å². The minimum atomic E-state index is 0.173. The summed E-state index contributed by atoms with van der Waals surface area (Å²) in [4.78, 5) is 15.3. The molecule has 6 nitrogen and oxygen atoms in total. The first-order valence-corrected chi connectivity index (χ1v) is 6.92. The molecular weight excluding hydrogens is 254 g/mol. The lowest BCUT2D eigenvalue weighted by molar-refractivity contribution is 0.336. The Kier molecular flexibility index (Phi) is 4.23. The number of hydrogen-bond acceptors (Lipinski definition) is 5. The second-order valence-corrected chi connectivity index (χ2v) is 5.58. The summed E-state index contributed by atoms with van der Waals surface area (Å²) in [6, 6.07) is 0. The van der Waals surface area contributed by atoms with Gasteiger partial charge in [-0.1, -0.05) is 12.8 Å². The van der Waals surface area contributed by atoms with Gasteiger partial charge in [0.25, 0.3) is 0 Å². The molecule has 0 radical (unpaired) electrons. The topological polar surface area (TPSA) is 67.1 Å². The second-order valence-electron chi connectivity index (χ2n) is 5.58. The summed E-state index contributed by atoms with van der Waals surface area (Å²) in [5, 5.41) is 7.00. The molecule has 1 fully saturated rings. The molecule has 3 rings (SSSR count). The van der Waals surface area contributed by atoms with Gasteiger partial charge in [0.15, 0.2) is 17.0 Å². The molecule has 0 saturated heterocycles. The lowest BCUT2D eigenvalue weighted by Crippen LogP contribution is -2.25. The summed E-state index contributed by atoms with van der Waals surface area (Å²) < 4.78 is 2.24. The third-order valence-electron chi connectivity index (χ3n) is 4.00. The van der Waals surface area contributed by atoms with E-state index in [2.05, 4.69) is 26.4 Å². The number of aliphatic hydroxyl groups is 1. The maximum absolute atomic E-state index is 7.00. The SMILES string of the molecule is CN(C)c1ncnc2c1ncn2C1(C)CCCC1.CO. The van der Waals surface area contributed by atoms with Crippen molar-refractivity contribution >= 4 is 17.0 Å². The van der Waals surface area contributed by atoms with Gasteiger partial charge in [0.2, 0.25) is 0 Å². The molecule has 2 heterocycles. The van der Waals surface area contributed by atoms with Gasteiger partial charge >= 0.3 is 0 Å². The molecule has 0 bridgehead atoms. The van der Waals surface area contributed by atoms with Crippen molar-refractivity contribution in [3.63, 3.8) is 0 Å². The van der Waals surface area contributed by atoms with Crippen LogP contribution < -0.4 is 4.90 Å². The Hall–Kier alpha value is -1.69. The summed E-state index contributed by atoms with van der Waals surface area (Å²) in [6.07, 6.45) is 8.56. The molecule has 1 saturated carbocycles. The Balaban J connectivity index is 0.000000704. The first kappa shape index (κ1) is 14.7.